The number of carbonyl (C=O) groups is 1. The number of anilines is 1. The Morgan fingerprint density at radius 3 is 2.67 bits per heavy atom. The predicted molar refractivity (Wildman–Crippen MR) is 78.2 cm³/mol. The fourth-order valence-electron chi connectivity index (χ4n) is 1.70. The van der Waals surface area contributed by atoms with Gasteiger partial charge in [-0.3, -0.25) is 5.32 Å². The third-order valence-electron chi connectivity index (χ3n) is 2.64. The molecule has 0 aliphatic carbocycles. The summed E-state index contributed by atoms with van der Waals surface area (Å²) < 4.78 is 22.3. The number of alkyl halides is 1. The summed E-state index contributed by atoms with van der Waals surface area (Å²) in [5, 5.41) is 2.59. The number of ether oxygens (including phenoxy) is 2. The van der Waals surface area contributed by atoms with Gasteiger partial charge in [0.25, 0.3) is 0 Å². The Morgan fingerprint density at radius 2 is 1.90 bits per heavy atom. The van der Waals surface area contributed by atoms with Crippen LogP contribution in [0.3, 0.4) is 0 Å². The van der Waals surface area contributed by atoms with Crippen molar-refractivity contribution in [1.29, 1.82) is 0 Å². The predicted octanol–water partition coefficient (Wildman–Crippen LogP) is 3.78. The normalized spacial score (nSPS) is 9.95. The van der Waals surface area contributed by atoms with E-state index in [1.54, 1.807) is 24.3 Å². The van der Waals surface area contributed by atoms with E-state index in [-0.39, 0.29) is 13.2 Å². The van der Waals surface area contributed by atoms with E-state index in [1.165, 1.54) is 0 Å². The Bertz CT molecular complexity index is 575. The van der Waals surface area contributed by atoms with Gasteiger partial charge in [-0.1, -0.05) is 36.4 Å². The first-order valence-electron chi connectivity index (χ1n) is 6.54. The Balaban J connectivity index is 1.84. The highest BCUT2D eigenvalue weighted by atomic mass is 19.1. The van der Waals surface area contributed by atoms with Gasteiger partial charge in [0.2, 0.25) is 0 Å². The van der Waals surface area contributed by atoms with Crippen molar-refractivity contribution in [1.82, 2.24) is 0 Å². The molecule has 0 aliphatic rings. The fourth-order valence-corrected chi connectivity index (χ4v) is 1.70. The lowest BCUT2D eigenvalue weighted by molar-refractivity contribution is 0.155. The van der Waals surface area contributed by atoms with Crippen LogP contribution in [0.1, 0.15) is 5.56 Å². The molecule has 0 atom stereocenters. The summed E-state index contributed by atoms with van der Waals surface area (Å²) >= 11 is 0. The number of hydrogen-bond donors (Lipinski definition) is 1. The van der Waals surface area contributed by atoms with Gasteiger partial charge in [-0.25, -0.2) is 9.18 Å². The first kappa shape index (κ1) is 14.8. The molecule has 1 amide bonds. The molecule has 0 saturated heterocycles. The molecular formula is C16H16FNO3. The zero-order valence-electron chi connectivity index (χ0n) is 11.4. The summed E-state index contributed by atoms with van der Waals surface area (Å²) in [6.07, 6.45) is -0.554. The monoisotopic (exact) mass is 289 g/mol. The molecule has 0 fully saturated rings. The van der Waals surface area contributed by atoms with Crippen LogP contribution in [0, 0.1) is 0 Å². The van der Waals surface area contributed by atoms with Gasteiger partial charge in [0.15, 0.2) is 0 Å². The van der Waals surface area contributed by atoms with Gasteiger partial charge >= 0.3 is 6.09 Å². The second kappa shape index (κ2) is 7.89. The average Bonchev–Trinajstić information content (AvgIpc) is 2.52. The van der Waals surface area contributed by atoms with Crippen LogP contribution in [-0.4, -0.2) is 19.4 Å². The minimum Gasteiger partial charge on any atom is -0.491 e. The van der Waals surface area contributed by atoms with Crippen LogP contribution in [0.5, 0.6) is 5.75 Å². The fraction of sp³-hybridized carbons (Fsp3) is 0.188. The van der Waals surface area contributed by atoms with Gasteiger partial charge in [-0.15, -0.1) is 0 Å². The highest BCUT2D eigenvalue weighted by Gasteiger charge is 2.04. The van der Waals surface area contributed by atoms with Gasteiger partial charge in [-0.05, 0) is 17.7 Å². The zero-order valence-corrected chi connectivity index (χ0v) is 11.4. The Morgan fingerprint density at radius 1 is 1.10 bits per heavy atom. The van der Waals surface area contributed by atoms with Crippen molar-refractivity contribution in [3.63, 3.8) is 0 Å². The summed E-state index contributed by atoms with van der Waals surface area (Å²) in [5.74, 6) is 0.494. The molecule has 0 spiro atoms. The van der Waals surface area contributed by atoms with Crippen LogP contribution in [-0.2, 0) is 11.3 Å². The summed E-state index contributed by atoms with van der Waals surface area (Å²) in [6.45, 7) is -0.372. The number of hydrogen-bond acceptors (Lipinski definition) is 3. The quantitative estimate of drug-likeness (QED) is 0.880. The van der Waals surface area contributed by atoms with E-state index in [9.17, 15) is 9.18 Å². The van der Waals surface area contributed by atoms with Crippen LogP contribution in [0.2, 0.25) is 0 Å². The molecule has 2 aromatic rings. The van der Waals surface area contributed by atoms with Gasteiger partial charge < -0.3 is 9.47 Å². The topological polar surface area (TPSA) is 47.6 Å². The van der Waals surface area contributed by atoms with E-state index in [0.29, 0.717) is 11.4 Å². The van der Waals surface area contributed by atoms with Gasteiger partial charge in [0.05, 0.1) is 0 Å². The molecule has 5 heteroatoms. The third kappa shape index (κ3) is 5.14. The van der Waals surface area contributed by atoms with Crippen molar-refractivity contribution in [2.75, 3.05) is 18.6 Å². The Kier molecular flexibility index (Phi) is 5.58. The lowest BCUT2D eigenvalue weighted by Crippen LogP contribution is -2.13. The summed E-state index contributed by atoms with van der Waals surface area (Å²) in [7, 11) is 0. The van der Waals surface area contributed by atoms with Crippen LogP contribution < -0.4 is 10.1 Å². The summed E-state index contributed by atoms with van der Waals surface area (Å²) in [4.78, 5) is 11.7. The first-order chi connectivity index (χ1) is 10.3. The van der Waals surface area contributed by atoms with Crippen molar-refractivity contribution in [3.05, 3.63) is 60.2 Å². The lowest BCUT2D eigenvalue weighted by Gasteiger charge is -2.09. The van der Waals surface area contributed by atoms with E-state index in [4.69, 9.17) is 9.47 Å². The van der Waals surface area contributed by atoms with E-state index < -0.39 is 12.8 Å². The molecule has 0 unspecified atom stereocenters. The van der Waals surface area contributed by atoms with Gasteiger partial charge in [0.1, 0.15) is 25.6 Å². The smallest absolute Gasteiger partial charge is 0.411 e. The van der Waals surface area contributed by atoms with E-state index in [0.717, 1.165) is 5.56 Å². The van der Waals surface area contributed by atoms with Crippen LogP contribution in [0.15, 0.2) is 54.6 Å². The SMILES string of the molecule is O=C(Nc1cccc(OCCF)c1)OCc1ccccc1. The molecule has 0 saturated carbocycles. The number of halogens is 1. The highest BCUT2D eigenvalue weighted by molar-refractivity contribution is 5.84. The zero-order chi connectivity index (χ0) is 14.9. The van der Waals surface area contributed by atoms with Gasteiger partial charge in [0, 0.05) is 11.8 Å². The minimum atomic E-state index is -0.559. The van der Waals surface area contributed by atoms with E-state index >= 15 is 0 Å². The molecule has 0 heterocycles. The van der Waals surface area contributed by atoms with Crippen molar-refractivity contribution in [2.45, 2.75) is 6.61 Å². The van der Waals surface area contributed by atoms with Crippen molar-refractivity contribution in [2.24, 2.45) is 0 Å². The Hall–Kier alpha value is -2.56. The van der Waals surface area contributed by atoms with Crippen LogP contribution >= 0.6 is 0 Å². The van der Waals surface area contributed by atoms with E-state index in [1.807, 2.05) is 30.3 Å². The summed E-state index contributed by atoms with van der Waals surface area (Å²) in [6, 6.07) is 16.1. The second-order valence-corrected chi connectivity index (χ2v) is 4.25. The number of amides is 1. The standard InChI is InChI=1S/C16H16FNO3/c17-9-10-20-15-8-4-7-14(11-15)18-16(19)21-12-13-5-2-1-3-6-13/h1-8,11H,9-10,12H2,(H,18,19). The largest absolute Gasteiger partial charge is 0.491 e. The molecule has 110 valence electrons. The molecule has 0 bridgehead atoms. The van der Waals surface area contributed by atoms with Crippen LogP contribution in [0.4, 0.5) is 14.9 Å². The maximum absolute atomic E-state index is 12.0. The molecular weight excluding hydrogens is 273 g/mol. The molecule has 0 radical (unpaired) electrons. The van der Waals surface area contributed by atoms with Crippen molar-refractivity contribution < 1.29 is 18.7 Å². The number of carbonyl (C=O) groups excluding carboxylic acids is 1. The van der Waals surface area contributed by atoms with Gasteiger partial charge in [-0.2, -0.15) is 0 Å². The first-order valence-corrected chi connectivity index (χ1v) is 6.54. The average molecular weight is 289 g/mol. The molecule has 21 heavy (non-hydrogen) atoms. The minimum absolute atomic E-state index is 0.0120. The van der Waals surface area contributed by atoms with E-state index in [2.05, 4.69) is 5.32 Å². The second-order valence-electron chi connectivity index (χ2n) is 4.25. The maximum Gasteiger partial charge on any atom is 0.411 e. The maximum atomic E-state index is 12.0. The molecule has 0 aromatic heterocycles. The van der Waals surface area contributed by atoms with Crippen molar-refractivity contribution in [3.8, 4) is 5.75 Å². The molecule has 1 N–H and O–H groups in total. The molecule has 2 rings (SSSR count). The number of rotatable bonds is 6. The molecule has 4 nitrogen and oxygen atoms in total. The molecule has 2 aromatic carbocycles. The Labute approximate surface area is 122 Å². The summed E-state index contributed by atoms with van der Waals surface area (Å²) in [5.41, 5.74) is 1.44. The highest BCUT2D eigenvalue weighted by Crippen LogP contribution is 2.17. The van der Waals surface area contributed by atoms with Crippen molar-refractivity contribution >= 4 is 11.8 Å². The number of nitrogens with one attached hydrogen (secondary N) is 1. The third-order valence-corrected chi connectivity index (χ3v) is 2.64. The van der Waals surface area contributed by atoms with Crippen LogP contribution in [0.25, 0.3) is 0 Å². The lowest BCUT2D eigenvalue weighted by atomic mass is 10.2. The number of benzene rings is 2. The molecule has 0 aliphatic heterocycles.